The minimum absolute atomic E-state index is 0.255. The Labute approximate surface area is 134 Å². The van der Waals surface area contributed by atoms with Crippen molar-refractivity contribution in [3.63, 3.8) is 0 Å². The van der Waals surface area contributed by atoms with Crippen LogP contribution in [-0.2, 0) is 0 Å². The van der Waals surface area contributed by atoms with Crippen LogP contribution in [0.5, 0.6) is 11.5 Å². The Morgan fingerprint density at radius 1 is 0.609 bits per heavy atom. The first-order valence-corrected chi connectivity index (χ1v) is 7.22. The monoisotopic (exact) mass is 302 g/mol. The van der Waals surface area contributed by atoms with Crippen LogP contribution in [-0.4, -0.2) is 11.6 Å². The summed E-state index contributed by atoms with van der Waals surface area (Å²) in [5.74, 6) is -0.148. The van der Waals surface area contributed by atoms with Gasteiger partial charge in [-0.15, -0.1) is 0 Å². The van der Waals surface area contributed by atoms with Crippen molar-refractivity contribution in [3.8, 4) is 11.5 Å². The fourth-order valence-electron chi connectivity index (χ4n) is 2.20. The maximum absolute atomic E-state index is 12.5. The van der Waals surface area contributed by atoms with Gasteiger partial charge >= 0.3 is 0 Å². The average Bonchev–Trinajstić information content (AvgIpc) is 2.62. The van der Waals surface area contributed by atoms with Crippen molar-refractivity contribution in [1.82, 2.24) is 0 Å². The molecule has 0 radical (unpaired) electrons. The van der Waals surface area contributed by atoms with Gasteiger partial charge < -0.3 is 4.74 Å². The molecule has 0 atom stereocenters. The second kappa shape index (κ2) is 6.71. The highest BCUT2D eigenvalue weighted by molar-refractivity contribution is 6.49. The van der Waals surface area contributed by atoms with Gasteiger partial charge in [-0.3, -0.25) is 9.59 Å². The minimum Gasteiger partial charge on any atom is -0.457 e. The number of para-hydroxylation sites is 2. The summed E-state index contributed by atoms with van der Waals surface area (Å²) in [6.45, 7) is 0. The van der Waals surface area contributed by atoms with E-state index in [1.54, 1.807) is 66.7 Å². The van der Waals surface area contributed by atoms with Crippen molar-refractivity contribution in [2.24, 2.45) is 0 Å². The van der Waals surface area contributed by atoms with Crippen LogP contribution in [0, 0.1) is 0 Å². The molecule has 0 amide bonds. The lowest BCUT2D eigenvalue weighted by molar-refractivity contribution is 0.0815. The van der Waals surface area contributed by atoms with Gasteiger partial charge in [0.05, 0.1) is 5.56 Å². The van der Waals surface area contributed by atoms with Gasteiger partial charge in [0.1, 0.15) is 11.5 Å². The third-order valence-electron chi connectivity index (χ3n) is 3.34. The van der Waals surface area contributed by atoms with Gasteiger partial charge in [0.25, 0.3) is 0 Å². The number of rotatable bonds is 5. The molecular formula is C20H14O3. The predicted octanol–water partition coefficient (Wildman–Crippen LogP) is 4.54. The predicted molar refractivity (Wildman–Crippen MR) is 88.1 cm³/mol. The molecule has 0 aliphatic rings. The second-order valence-electron chi connectivity index (χ2n) is 4.94. The van der Waals surface area contributed by atoms with E-state index in [2.05, 4.69) is 0 Å². The number of carbonyl (C=O) groups excluding carboxylic acids is 2. The van der Waals surface area contributed by atoms with Crippen LogP contribution >= 0.6 is 0 Å². The van der Waals surface area contributed by atoms with Crippen molar-refractivity contribution < 1.29 is 14.3 Å². The zero-order chi connectivity index (χ0) is 16.1. The van der Waals surface area contributed by atoms with Crippen LogP contribution in [0.1, 0.15) is 20.7 Å². The van der Waals surface area contributed by atoms with E-state index < -0.39 is 11.6 Å². The molecule has 23 heavy (non-hydrogen) atoms. The van der Waals surface area contributed by atoms with E-state index in [-0.39, 0.29) is 5.56 Å². The Morgan fingerprint density at radius 2 is 1.17 bits per heavy atom. The molecule has 3 nitrogen and oxygen atoms in total. The van der Waals surface area contributed by atoms with E-state index in [0.717, 1.165) is 0 Å². The molecule has 0 aromatic heterocycles. The SMILES string of the molecule is O=C(C(=O)c1ccccc1Oc1ccccc1)c1ccccc1. The molecule has 0 fully saturated rings. The second-order valence-corrected chi connectivity index (χ2v) is 4.94. The summed E-state index contributed by atoms with van der Waals surface area (Å²) in [4.78, 5) is 24.9. The summed E-state index contributed by atoms with van der Waals surface area (Å²) in [6, 6.07) is 24.4. The smallest absolute Gasteiger partial charge is 0.237 e. The number of Topliss-reactive ketones (excluding diaryl/α,β-unsaturated/α-hetero) is 2. The van der Waals surface area contributed by atoms with Gasteiger partial charge in [-0.2, -0.15) is 0 Å². The van der Waals surface area contributed by atoms with Crippen LogP contribution in [0.3, 0.4) is 0 Å². The van der Waals surface area contributed by atoms with E-state index in [1.165, 1.54) is 0 Å². The Bertz CT molecular complexity index is 824. The summed E-state index contributed by atoms with van der Waals surface area (Å²) in [5, 5.41) is 0. The largest absolute Gasteiger partial charge is 0.457 e. The summed E-state index contributed by atoms with van der Waals surface area (Å²) >= 11 is 0. The van der Waals surface area contributed by atoms with Crippen molar-refractivity contribution in [2.75, 3.05) is 0 Å². The molecular weight excluding hydrogens is 288 g/mol. The highest BCUT2D eigenvalue weighted by atomic mass is 16.5. The Hall–Kier alpha value is -3.20. The van der Waals surface area contributed by atoms with Crippen LogP contribution in [0.2, 0.25) is 0 Å². The van der Waals surface area contributed by atoms with E-state index in [0.29, 0.717) is 17.1 Å². The Kier molecular flexibility index (Phi) is 4.29. The molecule has 0 aliphatic heterocycles. The number of hydrogen-bond donors (Lipinski definition) is 0. The minimum atomic E-state index is -0.581. The molecule has 0 bridgehead atoms. The van der Waals surface area contributed by atoms with Crippen LogP contribution in [0.25, 0.3) is 0 Å². The van der Waals surface area contributed by atoms with Crippen LogP contribution in [0.4, 0.5) is 0 Å². The number of ketones is 2. The molecule has 0 unspecified atom stereocenters. The van der Waals surface area contributed by atoms with E-state index >= 15 is 0 Å². The van der Waals surface area contributed by atoms with Gasteiger partial charge in [-0.05, 0) is 24.3 Å². The fraction of sp³-hybridized carbons (Fsp3) is 0. The number of benzene rings is 3. The molecule has 112 valence electrons. The van der Waals surface area contributed by atoms with Crippen LogP contribution in [0.15, 0.2) is 84.9 Å². The van der Waals surface area contributed by atoms with Crippen LogP contribution < -0.4 is 4.74 Å². The Balaban J connectivity index is 1.91. The normalized spacial score (nSPS) is 10.1. The lowest BCUT2D eigenvalue weighted by Crippen LogP contribution is -2.15. The zero-order valence-corrected chi connectivity index (χ0v) is 12.3. The zero-order valence-electron chi connectivity index (χ0n) is 12.3. The average molecular weight is 302 g/mol. The molecule has 0 heterocycles. The van der Waals surface area contributed by atoms with Gasteiger partial charge in [0, 0.05) is 5.56 Å². The first-order valence-electron chi connectivity index (χ1n) is 7.22. The molecule has 0 spiro atoms. The number of ether oxygens (including phenoxy) is 1. The van der Waals surface area contributed by atoms with Gasteiger partial charge in [0.2, 0.25) is 11.6 Å². The number of carbonyl (C=O) groups is 2. The molecule has 0 aliphatic carbocycles. The topological polar surface area (TPSA) is 43.4 Å². The molecule has 0 saturated carbocycles. The molecule has 0 N–H and O–H groups in total. The molecule has 3 aromatic carbocycles. The lowest BCUT2D eigenvalue weighted by Gasteiger charge is -2.10. The summed E-state index contributed by atoms with van der Waals surface area (Å²) < 4.78 is 5.74. The first-order chi connectivity index (χ1) is 11.3. The van der Waals surface area contributed by atoms with Crippen molar-refractivity contribution >= 4 is 11.6 Å². The standard InChI is InChI=1S/C20H14O3/c21-19(15-9-3-1-4-10-15)20(22)17-13-7-8-14-18(17)23-16-11-5-2-6-12-16/h1-14H. The third kappa shape index (κ3) is 3.35. The van der Waals surface area contributed by atoms with E-state index in [9.17, 15) is 9.59 Å². The maximum Gasteiger partial charge on any atom is 0.237 e. The summed E-state index contributed by atoms with van der Waals surface area (Å²) in [5.41, 5.74) is 0.622. The van der Waals surface area contributed by atoms with E-state index in [4.69, 9.17) is 4.74 Å². The van der Waals surface area contributed by atoms with Crippen molar-refractivity contribution in [1.29, 1.82) is 0 Å². The molecule has 3 aromatic rings. The summed E-state index contributed by atoms with van der Waals surface area (Å²) in [7, 11) is 0. The van der Waals surface area contributed by atoms with Gasteiger partial charge in [-0.1, -0.05) is 60.7 Å². The Morgan fingerprint density at radius 3 is 1.87 bits per heavy atom. The summed E-state index contributed by atoms with van der Waals surface area (Å²) in [6.07, 6.45) is 0. The van der Waals surface area contributed by atoms with Crippen molar-refractivity contribution in [3.05, 3.63) is 96.1 Å². The molecule has 3 heteroatoms. The lowest BCUT2D eigenvalue weighted by atomic mass is 10.0. The van der Waals surface area contributed by atoms with E-state index in [1.807, 2.05) is 18.2 Å². The molecule has 0 saturated heterocycles. The highest BCUT2D eigenvalue weighted by Crippen LogP contribution is 2.26. The highest BCUT2D eigenvalue weighted by Gasteiger charge is 2.21. The fourth-order valence-corrected chi connectivity index (χ4v) is 2.20. The maximum atomic E-state index is 12.5. The van der Waals surface area contributed by atoms with Gasteiger partial charge in [0.15, 0.2) is 0 Å². The first kappa shape index (κ1) is 14.7. The molecule has 3 rings (SSSR count). The number of hydrogen-bond acceptors (Lipinski definition) is 3. The third-order valence-corrected chi connectivity index (χ3v) is 3.34. The quantitative estimate of drug-likeness (QED) is 0.513. The van der Waals surface area contributed by atoms with Gasteiger partial charge in [-0.25, -0.2) is 0 Å². The van der Waals surface area contributed by atoms with Crippen molar-refractivity contribution in [2.45, 2.75) is 0 Å².